The minimum absolute atomic E-state index is 0. The highest BCUT2D eigenvalue weighted by atomic mass is 35.5. The Morgan fingerprint density at radius 1 is 1.32 bits per heavy atom. The number of carbonyl (C=O) groups is 1. The Morgan fingerprint density at radius 3 is 2.64 bits per heavy atom. The van der Waals surface area contributed by atoms with Crippen molar-refractivity contribution < 1.29 is 4.79 Å². The standard InChI is InChI=1S/C15H21Cl2N3O.ClH/c16-12-1-2-13(17)14(9-12)19-15(21)5-8-20-6-3-11(10-18)4-7-20;/h1-2,9,11H,3-8,10,18H2,(H,19,21);1H. The molecule has 1 aliphatic rings. The summed E-state index contributed by atoms with van der Waals surface area (Å²) in [4.78, 5) is 14.3. The molecule has 3 N–H and O–H groups in total. The number of nitrogens with zero attached hydrogens (tertiary/aromatic N) is 1. The molecule has 1 fully saturated rings. The lowest BCUT2D eigenvalue weighted by Crippen LogP contribution is -2.37. The number of amides is 1. The van der Waals surface area contributed by atoms with Gasteiger partial charge in [-0.15, -0.1) is 12.4 Å². The molecular formula is C15H22Cl3N3O. The second kappa shape index (κ2) is 9.58. The zero-order valence-corrected chi connectivity index (χ0v) is 14.7. The molecule has 124 valence electrons. The highest BCUT2D eigenvalue weighted by Crippen LogP contribution is 2.25. The second-order valence-electron chi connectivity index (χ2n) is 5.44. The average molecular weight is 367 g/mol. The third kappa shape index (κ3) is 5.94. The van der Waals surface area contributed by atoms with Crippen LogP contribution in [0.15, 0.2) is 18.2 Å². The van der Waals surface area contributed by atoms with Crippen molar-refractivity contribution in [3.05, 3.63) is 28.2 Å². The fraction of sp³-hybridized carbons (Fsp3) is 0.533. The predicted molar refractivity (Wildman–Crippen MR) is 95.2 cm³/mol. The molecule has 7 heteroatoms. The number of likely N-dealkylation sites (tertiary alicyclic amines) is 1. The smallest absolute Gasteiger partial charge is 0.225 e. The second-order valence-corrected chi connectivity index (χ2v) is 6.29. The van der Waals surface area contributed by atoms with Crippen molar-refractivity contribution in [2.45, 2.75) is 19.3 Å². The summed E-state index contributed by atoms with van der Waals surface area (Å²) in [5.74, 6) is 0.598. The van der Waals surface area contributed by atoms with Gasteiger partial charge in [-0.1, -0.05) is 23.2 Å². The molecule has 0 spiro atoms. The van der Waals surface area contributed by atoms with Gasteiger partial charge in [-0.25, -0.2) is 0 Å². The molecule has 1 aromatic carbocycles. The molecule has 1 saturated heterocycles. The van der Waals surface area contributed by atoms with E-state index in [1.807, 2.05) is 0 Å². The summed E-state index contributed by atoms with van der Waals surface area (Å²) < 4.78 is 0. The minimum Gasteiger partial charge on any atom is -0.330 e. The lowest BCUT2D eigenvalue weighted by atomic mass is 9.97. The van der Waals surface area contributed by atoms with Crippen LogP contribution in [-0.2, 0) is 4.79 Å². The zero-order valence-electron chi connectivity index (χ0n) is 12.4. The quantitative estimate of drug-likeness (QED) is 0.839. The van der Waals surface area contributed by atoms with Gasteiger partial charge >= 0.3 is 0 Å². The van der Waals surface area contributed by atoms with E-state index in [9.17, 15) is 4.79 Å². The summed E-state index contributed by atoms with van der Waals surface area (Å²) in [6.45, 7) is 3.57. The molecule has 1 heterocycles. The average Bonchev–Trinajstić information content (AvgIpc) is 2.49. The summed E-state index contributed by atoms with van der Waals surface area (Å²) in [6, 6.07) is 5.03. The lowest BCUT2D eigenvalue weighted by molar-refractivity contribution is -0.116. The summed E-state index contributed by atoms with van der Waals surface area (Å²) in [6.07, 6.45) is 2.70. The van der Waals surface area contributed by atoms with Crippen LogP contribution in [0.1, 0.15) is 19.3 Å². The molecule has 0 unspecified atom stereocenters. The number of anilines is 1. The van der Waals surface area contributed by atoms with Crippen molar-refractivity contribution in [3.8, 4) is 0 Å². The number of carbonyl (C=O) groups excluding carboxylic acids is 1. The van der Waals surface area contributed by atoms with Gasteiger partial charge in [-0.3, -0.25) is 4.79 Å². The van der Waals surface area contributed by atoms with Crippen LogP contribution in [0.3, 0.4) is 0 Å². The Morgan fingerprint density at radius 2 is 2.00 bits per heavy atom. The normalized spacial score (nSPS) is 16.1. The van der Waals surface area contributed by atoms with Crippen molar-refractivity contribution in [2.24, 2.45) is 11.7 Å². The minimum atomic E-state index is -0.0416. The van der Waals surface area contributed by atoms with Crippen LogP contribution in [0, 0.1) is 5.92 Å². The zero-order chi connectivity index (χ0) is 15.2. The van der Waals surface area contributed by atoms with Crippen molar-refractivity contribution >= 4 is 47.2 Å². The molecule has 0 aliphatic carbocycles. The third-order valence-corrected chi connectivity index (χ3v) is 4.46. The topological polar surface area (TPSA) is 58.4 Å². The van der Waals surface area contributed by atoms with Crippen LogP contribution < -0.4 is 11.1 Å². The largest absolute Gasteiger partial charge is 0.330 e. The monoisotopic (exact) mass is 365 g/mol. The molecule has 4 nitrogen and oxygen atoms in total. The molecule has 1 aromatic rings. The summed E-state index contributed by atoms with van der Waals surface area (Å²) in [7, 11) is 0. The van der Waals surface area contributed by atoms with E-state index in [1.165, 1.54) is 0 Å². The molecule has 1 aliphatic heterocycles. The van der Waals surface area contributed by atoms with E-state index in [-0.39, 0.29) is 18.3 Å². The molecule has 0 bridgehead atoms. The first kappa shape index (κ1) is 19.5. The predicted octanol–water partition coefficient (Wildman–Crippen LogP) is 3.41. The van der Waals surface area contributed by atoms with Crippen LogP contribution in [0.2, 0.25) is 10.0 Å². The van der Waals surface area contributed by atoms with Gasteiger partial charge in [0.2, 0.25) is 5.91 Å². The lowest BCUT2D eigenvalue weighted by Gasteiger charge is -2.31. The number of benzene rings is 1. The number of halogens is 3. The van der Waals surface area contributed by atoms with Gasteiger partial charge in [0.1, 0.15) is 0 Å². The Hall–Kier alpha value is -0.520. The van der Waals surface area contributed by atoms with Gasteiger partial charge in [0.25, 0.3) is 0 Å². The maximum absolute atomic E-state index is 12.0. The Labute approximate surface area is 147 Å². The van der Waals surface area contributed by atoms with Crippen LogP contribution in [-0.4, -0.2) is 37.0 Å². The van der Waals surface area contributed by atoms with E-state index >= 15 is 0 Å². The van der Waals surface area contributed by atoms with E-state index in [0.29, 0.717) is 28.1 Å². The van der Waals surface area contributed by atoms with Crippen molar-refractivity contribution in [2.75, 3.05) is 31.5 Å². The van der Waals surface area contributed by atoms with Gasteiger partial charge in [-0.2, -0.15) is 0 Å². The SMILES string of the molecule is Cl.NCC1CCN(CCC(=O)Nc2cc(Cl)ccc2Cl)CC1. The maximum atomic E-state index is 12.0. The number of rotatable bonds is 5. The number of hydrogen-bond acceptors (Lipinski definition) is 3. The highest BCUT2D eigenvalue weighted by Gasteiger charge is 2.18. The molecule has 0 saturated carbocycles. The van der Waals surface area contributed by atoms with Gasteiger partial charge in [0, 0.05) is 18.0 Å². The van der Waals surface area contributed by atoms with Gasteiger partial charge in [0.05, 0.1) is 10.7 Å². The van der Waals surface area contributed by atoms with E-state index in [1.54, 1.807) is 18.2 Å². The first-order chi connectivity index (χ1) is 10.1. The third-order valence-electron chi connectivity index (χ3n) is 3.90. The summed E-state index contributed by atoms with van der Waals surface area (Å²) >= 11 is 11.9. The molecule has 1 amide bonds. The number of nitrogens with one attached hydrogen (secondary N) is 1. The van der Waals surface area contributed by atoms with E-state index in [2.05, 4.69) is 10.2 Å². The molecule has 0 atom stereocenters. The Bertz CT molecular complexity index is 491. The van der Waals surface area contributed by atoms with E-state index in [4.69, 9.17) is 28.9 Å². The van der Waals surface area contributed by atoms with Gasteiger partial charge < -0.3 is 16.0 Å². The molecular weight excluding hydrogens is 345 g/mol. The molecule has 0 aromatic heterocycles. The van der Waals surface area contributed by atoms with Crippen LogP contribution in [0.5, 0.6) is 0 Å². The summed E-state index contributed by atoms with van der Waals surface area (Å²) in [5.41, 5.74) is 6.24. The number of piperidine rings is 1. The molecule has 0 radical (unpaired) electrons. The maximum Gasteiger partial charge on any atom is 0.225 e. The van der Waals surface area contributed by atoms with Crippen molar-refractivity contribution in [1.82, 2.24) is 4.90 Å². The molecule has 2 rings (SSSR count). The highest BCUT2D eigenvalue weighted by molar-refractivity contribution is 6.35. The number of nitrogens with two attached hydrogens (primary N) is 1. The Kier molecular flexibility index (Phi) is 8.50. The molecule has 22 heavy (non-hydrogen) atoms. The number of hydrogen-bond donors (Lipinski definition) is 2. The van der Waals surface area contributed by atoms with Gasteiger partial charge in [0.15, 0.2) is 0 Å². The van der Waals surface area contributed by atoms with Crippen LogP contribution in [0.4, 0.5) is 5.69 Å². The van der Waals surface area contributed by atoms with Crippen LogP contribution >= 0.6 is 35.6 Å². The van der Waals surface area contributed by atoms with Gasteiger partial charge in [-0.05, 0) is 56.6 Å². The van der Waals surface area contributed by atoms with E-state index < -0.39 is 0 Å². The van der Waals surface area contributed by atoms with Crippen molar-refractivity contribution in [3.63, 3.8) is 0 Å². The first-order valence-corrected chi connectivity index (χ1v) is 8.01. The summed E-state index contributed by atoms with van der Waals surface area (Å²) in [5, 5.41) is 3.86. The fourth-order valence-electron chi connectivity index (χ4n) is 2.51. The van der Waals surface area contributed by atoms with Crippen molar-refractivity contribution in [1.29, 1.82) is 0 Å². The van der Waals surface area contributed by atoms with Crippen LogP contribution in [0.25, 0.3) is 0 Å². The fourth-order valence-corrected chi connectivity index (χ4v) is 2.85. The first-order valence-electron chi connectivity index (χ1n) is 7.26. The Balaban J connectivity index is 0.00000242. The van der Waals surface area contributed by atoms with E-state index in [0.717, 1.165) is 39.0 Å².